The molecule has 1 aromatic rings. The van der Waals surface area contributed by atoms with Gasteiger partial charge in [0.05, 0.1) is 0 Å². The molecule has 0 bridgehead atoms. The summed E-state index contributed by atoms with van der Waals surface area (Å²) in [4.78, 5) is 13.8. The molecule has 2 rings (SSSR count). The zero-order valence-electron chi connectivity index (χ0n) is 11.3. The maximum Gasteiger partial charge on any atom is 0.260 e. The Hall–Kier alpha value is -1.51. The van der Waals surface area contributed by atoms with Crippen molar-refractivity contribution in [2.75, 3.05) is 13.7 Å². The van der Waals surface area contributed by atoms with Crippen LogP contribution in [0.25, 0.3) is 0 Å². The normalized spacial score (nSPS) is 16.2. The Morgan fingerprint density at radius 3 is 2.83 bits per heavy atom. The summed E-state index contributed by atoms with van der Waals surface area (Å²) in [6.07, 6.45) is 2.50. The van der Waals surface area contributed by atoms with Gasteiger partial charge in [-0.05, 0) is 50.3 Å². The summed E-state index contributed by atoms with van der Waals surface area (Å²) in [6.45, 7) is 4.25. The molecule has 0 spiro atoms. The first-order valence-corrected chi connectivity index (χ1v) is 6.53. The maximum absolute atomic E-state index is 12.0. The average molecular weight is 247 g/mol. The minimum absolute atomic E-state index is 0.0518. The number of ether oxygens (including phenoxy) is 1. The number of carbonyl (C=O) groups excluding carboxylic acids is 1. The van der Waals surface area contributed by atoms with E-state index in [4.69, 9.17) is 4.74 Å². The Morgan fingerprint density at radius 1 is 1.50 bits per heavy atom. The number of hydrogen-bond donors (Lipinski definition) is 0. The zero-order chi connectivity index (χ0) is 13.1. The van der Waals surface area contributed by atoms with Crippen LogP contribution in [-0.4, -0.2) is 30.5 Å². The van der Waals surface area contributed by atoms with Crippen LogP contribution in [0.15, 0.2) is 24.3 Å². The molecule has 18 heavy (non-hydrogen) atoms. The molecule has 0 aromatic heterocycles. The number of nitrogens with zero attached hydrogens (tertiary/aromatic N) is 1. The van der Waals surface area contributed by atoms with E-state index in [1.165, 1.54) is 12.8 Å². The van der Waals surface area contributed by atoms with Crippen LogP contribution in [0.2, 0.25) is 0 Å². The number of amides is 1. The van der Waals surface area contributed by atoms with Crippen LogP contribution >= 0.6 is 0 Å². The van der Waals surface area contributed by atoms with Gasteiger partial charge in [-0.25, -0.2) is 0 Å². The Kier molecular flexibility index (Phi) is 3.90. The third kappa shape index (κ3) is 3.25. The predicted molar refractivity (Wildman–Crippen MR) is 71.6 cm³/mol. The molecular weight excluding hydrogens is 226 g/mol. The summed E-state index contributed by atoms with van der Waals surface area (Å²) < 4.78 is 5.53. The predicted octanol–water partition coefficient (Wildman–Crippen LogP) is 2.63. The van der Waals surface area contributed by atoms with E-state index in [2.05, 4.69) is 6.92 Å². The molecule has 1 unspecified atom stereocenters. The zero-order valence-corrected chi connectivity index (χ0v) is 11.3. The van der Waals surface area contributed by atoms with E-state index in [-0.39, 0.29) is 12.5 Å². The number of carbonyl (C=O) groups is 1. The molecule has 0 radical (unpaired) electrons. The van der Waals surface area contributed by atoms with Gasteiger partial charge in [0, 0.05) is 13.1 Å². The van der Waals surface area contributed by atoms with Gasteiger partial charge in [-0.2, -0.15) is 0 Å². The highest BCUT2D eigenvalue weighted by molar-refractivity contribution is 5.77. The summed E-state index contributed by atoms with van der Waals surface area (Å²) >= 11 is 0. The third-order valence-corrected chi connectivity index (χ3v) is 3.66. The molecule has 0 N–H and O–H groups in total. The van der Waals surface area contributed by atoms with Gasteiger partial charge in [-0.15, -0.1) is 0 Å². The van der Waals surface area contributed by atoms with Gasteiger partial charge in [0.15, 0.2) is 6.61 Å². The molecule has 0 heterocycles. The van der Waals surface area contributed by atoms with Crippen molar-refractivity contribution in [2.45, 2.75) is 32.7 Å². The Labute approximate surface area is 109 Å². The van der Waals surface area contributed by atoms with E-state index in [0.29, 0.717) is 12.0 Å². The highest BCUT2D eigenvalue weighted by Crippen LogP contribution is 2.34. The molecule has 1 fully saturated rings. The van der Waals surface area contributed by atoms with Crippen LogP contribution in [0.5, 0.6) is 5.75 Å². The topological polar surface area (TPSA) is 29.5 Å². The first kappa shape index (κ1) is 12.9. The molecule has 1 aliphatic carbocycles. The van der Waals surface area contributed by atoms with Crippen LogP contribution in [0, 0.1) is 12.8 Å². The summed E-state index contributed by atoms with van der Waals surface area (Å²) in [5.41, 5.74) is 1.14. The van der Waals surface area contributed by atoms with Crippen molar-refractivity contribution in [3.8, 4) is 5.75 Å². The fourth-order valence-corrected chi connectivity index (χ4v) is 2.07. The monoisotopic (exact) mass is 247 g/mol. The molecule has 3 nitrogen and oxygen atoms in total. The summed E-state index contributed by atoms with van der Waals surface area (Å²) in [7, 11) is 1.87. The first-order valence-electron chi connectivity index (χ1n) is 6.53. The van der Waals surface area contributed by atoms with Crippen molar-refractivity contribution in [3.63, 3.8) is 0 Å². The van der Waals surface area contributed by atoms with Gasteiger partial charge in [-0.3, -0.25) is 4.79 Å². The molecule has 3 heteroatoms. The van der Waals surface area contributed by atoms with Crippen LogP contribution in [0.1, 0.15) is 25.3 Å². The van der Waals surface area contributed by atoms with Crippen molar-refractivity contribution in [3.05, 3.63) is 29.8 Å². The summed E-state index contributed by atoms with van der Waals surface area (Å²) in [5.74, 6) is 1.50. The van der Waals surface area contributed by atoms with Crippen LogP contribution in [-0.2, 0) is 4.79 Å². The van der Waals surface area contributed by atoms with E-state index >= 15 is 0 Å². The Bertz CT molecular complexity index is 426. The Balaban J connectivity index is 1.84. The standard InChI is InChI=1S/C15H21NO2/c1-11-5-4-6-14(9-11)18-10-15(17)16(3)12(2)13-7-8-13/h4-6,9,12-13H,7-8,10H2,1-3H3. The number of aryl methyl sites for hydroxylation is 1. The van der Waals surface area contributed by atoms with Gasteiger partial charge in [0.25, 0.3) is 5.91 Å². The number of rotatable bonds is 5. The third-order valence-electron chi connectivity index (χ3n) is 3.66. The second-order valence-electron chi connectivity index (χ2n) is 5.19. The molecule has 1 aliphatic rings. The van der Waals surface area contributed by atoms with Crippen molar-refractivity contribution in [2.24, 2.45) is 5.92 Å². The van der Waals surface area contributed by atoms with Gasteiger partial charge in [0.2, 0.25) is 0 Å². The van der Waals surface area contributed by atoms with E-state index in [1.54, 1.807) is 0 Å². The van der Waals surface area contributed by atoms with E-state index in [1.807, 2.05) is 43.1 Å². The smallest absolute Gasteiger partial charge is 0.260 e. The van der Waals surface area contributed by atoms with Crippen molar-refractivity contribution >= 4 is 5.91 Å². The summed E-state index contributed by atoms with van der Waals surface area (Å²) in [5, 5.41) is 0. The van der Waals surface area contributed by atoms with Crippen LogP contribution < -0.4 is 4.74 Å². The molecule has 1 amide bonds. The Morgan fingerprint density at radius 2 is 2.22 bits per heavy atom. The molecule has 1 aromatic carbocycles. The minimum Gasteiger partial charge on any atom is -0.484 e. The van der Waals surface area contributed by atoms with Gasteiger partial charge >= 0.3 is 0 Å². The quantitative estimate of drug-likeness (QED) is 0.800. The number of likely N-dealkylation sites (N-methyl/N-ethyl adjacent to an activating group) is 1. The van der Waals surface area contributed by atoms with E-state index < -0.39 is 0 Å². The highest BCUT2D eigenvalue weighted by atomic mass is 16.5. The SMILES string of the molecule is Cc1cccc(OCC(=O)N(C)C(C)C2CC2)c1. The second-order valence-corrected chi connectivity index (χ2v) is 5.19. The lowest BCUT2D eigenvalue weighted by molar-refractivity contribution is -0.134. The number of benzene rings is 1. The van der Waals surface area contributed by atoms with Gasteiger partial charge in [-0.1, -0.05) is 12.1 Å². The lowest BCUT2D eigenvalue weighted by Gasteiger charge is -2.24. The minimum atomic E-state index is 0.0518. The van der Waals surface area contributed by atoms with Gasteiger partial charge in [0.1, 0.15) is 5.75 Å². The second kappa shape index (κ2) is 5.42. The maximum atomic E-state index is 12.0. The molecule has 1 atom stereocenters. The van der Waals surface area contributed by atoms with Crippen molar-refractivity contribution in [1.29, 1.82) is 0 Å². The molecule has 0 aliphatic heterocycles. The molecule has 1 saturated carbocycles. The lowest BCUT2D eigenvalue weighted by atomic mass is 10.2. The number of hydrogen-bond acceptors (Lipinski definition) is 2. The summed E-state index contributed by atoms with van der Waals surface area (Å²) in [6, 6.07) is 8.10. The van der Waals surface area contributed by atoms with Gasteiger partial charge < -0.3 is 9.64 Å². The van der Waals surface area contributed by atoms with Crippen molar-refractivity contribution < 1.29 is 9.53 Å². The highest BCUT2D eigenvalue weighted by Gasteiger charge is 2.32. The van der Waals surface area contributed by atoms with Crippen LogP contribution in [0.4, 0.5) is 0 Å². The average Bonchev–Trinajstić information content (AvgIpc) is 3.18. The first-order chi connectivity index (χ1) is 8.58. The lowest BCUT2D eigenvalue weighted by Crippen LogP contribution is -2.39. The van der Waals surface area contributed by atoms with E-state index in [9.17, 15) is 4.79 Å². The molecular formula is C15H21NO2. The molecule has 0 saturated heterocycles. The largest absolute Gasteiger partial charge is 0.484 e. The van der Waals surface area contributed by atoms with Crippen molar-refractivity contribution in [1.82, 2.24) is 4.90 Å². The molecule has 98 valence electrons. The fourth-order valence-electron chi connectivity index (χ4n) is 2.07. The van der Waals surface area contributed by atoms with E-state index in [0.717, 1.165) is 11.3 Å². The fraction of sp³-hybridized carbons (Fsp3) is 0.533. The van der Waals surface area contributed by atoms with Crippen LogP contribution in [0.3, 0.4) is 0 Å².